The second-order valence-corrected chi connectivity index (χ2v) is 7.29. The van der Waals surface area contributed by atoms with E-state index in [0.717, 1.165) is 16.6 Å². The van der Waals surface area contributed by atoms with Gasteiger partial charge in [-0.1, -0.05) is 30.3 Å². The first kappa shape index (κ1) is 18.2. The molecule has 3 heterocycles. The van der Waals surface area contributed by atoms with Crippen molar-refractivity contribution in [3.05, 3.63) is 87.1 Å². The van der Waals surface area contributed by atoms with Gasteiger partial charge >= 0.3 is 5.69 Å². The molecular weight excluding hydrogens is 372 g/mol. The van der Waals surface area contributed by atoms with Crippen molar-refractivity contribution >= 4 is 28.4 Å². The van der Waals surface area contributed by atoms with Gasteiger partial charge in [0.15, 0.2) is 5.65 Å². The number of thiophene rings is 1. The Morgan fingerprint density at radius 3 is 2.68 bits per heavy atom. The topological polar surface area (TPSA) is 68.9 Å². The molecule has 4 aromatic rings. The molecule has 0 saturated heterocycles. The van der Waals surface area contributed by atoms with Gasteiger partial charge in [-0.25, -0.2) is 9.78 Å². The highest BCUT2D eigenvalue weighted by Gasteiger charge is 2.14. The zero-order chi connectivity index (χ0) is 19.3. The summed E-state index contributed by atoms with van der Waals surface area (Å²) in [6.45, 7) is 1.24. The summed E-state index contributed by atoms with van der Waals surface area (Å²) in [6, 6.07) is 15.5. The van der Waals surface area contributed by atoms with Gasteiger partial charge in [0.2, 0.25) is 5.91 Å². The Kier molecular flexibility index (Phi) is 5.34. The minimum atomic E-state index is -0.121. The monoisotopic (exact) mass is 392 g/mol. The number of pyridine rings is 1. The van der Waals surface area contributed by atoms with Gasteiger partial charge in [0, 0.05) is 19.3 Å². The summed E-state index contributed by atoms with van der Waals surface area (Å²) in [5.41, 5.74) is 3.36. The number of rotatable bonds is 7. The Bertz CT molecular complexity index is 1130. The molecule has 28 heavy (non-hydrogen) atoms. The van der Waals surface area contributed by atoms with Gasteiger partial charge in [0.05, 0.1) is 18.5 Å². The summed E-state index contributed by atoms with van der Waals surface area (Å²) in [4.78, 5) is 29.5. The Morgan fingerprint density at radius 2 is 1.89 bits per heavy atom. The molecule has 1 N–H and O–H groups in total. The van der Waals surface area contributed by atoms with Crippen LogP contribution in [0.2, 0.25) is 0 Å². The van der Waals surface area contributed by atoms with E-state index in [-0.39, 0.29) is 11.6 Å². The van der Waals surface area contributed by atoms with Crippen molar-refractivity contribution in [2.45, 2.75) is 19.5 Å². The number of aromatic nitrogens is 3. The van der Waals surface area contributed by atoms with E-state index < -0.39 is 0 Å². The maximum Gasteiger partial charge on any atom is 0.330 e. The number of fused-ring (bicyclic) bond motifs is 1. The van der Waals surface area contributed by atoms with Crippen molar-refractivity contribution in [2.24, 2.45) is 0 Å². The normalized spacial score (nSPS) is 11.0. The maximum absolute atomic E-state index is 13.0. The quantitative estimate of drug-likeness (QED) is 0.526. The molecular formula is C21H20N4O2S. The number of benzene rings is 1. The summed E-state index contributed by atoms with van der Waals surface area (Å²) in [5.74, 6) is -0.0487. The Hall–Kier alpha value is -3.19. The highest BCUT2D eigenvalue weighted by molar-refractivity contribution is 7.08. The Morgan fingerprint density at radius 1 is 1.04 bits per heavy atom. The maximum atomic E-state index is 13.0. The number of nitrogens with one attached hydrogen (secondary N) is 1. The van der Waals surface area contributed by atoms with Crippen molar-refractivity contribution in [3.63, 3.8) is 0 Å². The van der Waals surface area contributed by atoms with Gasteiger partial charge in [-0.2, -0.15) is 11.3 Å². The third-order valence-corrected chi connectivity index (χ3v) is 5.29. The minimum absolute atomic E-state index is 0.0487. The zero-order valence-corrected chi connectivity index (χ0v) is 16.1. The van der Waals surface area contributed by atoms with Gasteiger partial charge in [-0.05, 0) is 40.1 Å². The van der Waals surface area contributed by atoms with E-state index in [9.17, 15) is 9.59 Å². The van der Waals surface area contributed by atoms with Crippen LogP contribution < -0.4 is 11.0 Å². The fourth-order valence-electron chi connectivity index (χ4n) is 3.22. The van der Waals surface area contributed by atoms with Crippen LogP contribution in [-0.4, -0.2) is 26.6 Å². The largest absolute Gasteiger partial charge is 0.354 e. The van der Waals surface area contributed by atoms with Crippen LogP contribution in [0, 0.1) is 0 Å². The van der Waals surface area contributed by atoms with Crippen molar-refractivity contribution in [2.75, 3.05) is 6.54 Å². The van der Waals surface area contributed by atoms with Crippen LogP contribution in [0.1, 0.15) is 11.1 Å². The van der Waals surface area contributed by atoms with Crippen LogP contribution in [0.3, 0.4) is 0 Å². The van der Waals surface area contributed by atoms with E-state index in [1.54, 1.807) is 26.7 Å². The highest BCUT2D eigenvalue weighted by atomic mass is 32.1. The molecule has 0 atom stereocenters. The summed E-state index contributed by atoms with van der Waals surface area (Å²) in [5, 5.41) is 6.81. The number of hydrogen-bond acceptors (Lipinski definition) is 4. The molecule has 0 unspecified atom stereocenters. The predicted octanol–water partition coefficient (Wildman–Crippen LogP) is 2.67. The number of nitrogens with zero attached hydrogens (tertiary/aromatic N) is 3. The smallest absolute Gasteiger partial charge is 0.330 e. The molecule has 1 amide bonds. The second kappa shape index (κ2) is 8.22. The lowest BCUT2D eigenvalue weighted by Gasteiger charge is -2.05. The molecule has 7 heteroatoms. The Labute approximate surface area is 166 Å². The minimum Gasteiger partial charge on any atom is -0.354 e. The third kappa shape index (κ3) is 3.89. The lowest BCUT2D eigenvalue weighted by atomic mass is 10.2. The van der Waals surface area contributed by atoms with Gasteiger partial charge in [-0.15, -0.1) is 0 Å². The number of carbonyl (C=O) groups excluding carboxylic acids is 1. The first-order chi connectivity index (χ1) is 13.7. The average molecular weight is 392 g/mol. The second-order valence-electron chi connectivity index (χ2n) is 6.51. The van der Waals surface area contributed by atoms with Gasteiger partial charge in [0.1, 0.15) is 0 Å². The van der Waals surface area contributed by atoms with E-state index in [2.05, 4.69) is 10.3 Å². The zero-order valence-electron chi connectivity index (χ0n) is 15.2. The molecule has 3 aromatic heterocycles. The van der Waals surface area contributed by atoms with Crippen molar-refractivity contribution in [1.82, 2.24) is 19.4 Å². The fraction of sp³-hybridized carbons (Fsp3) is 0.190. The molecule has 0 radical (unpaired) electrons. The average Bonchev–Trinajstić information content (AvgIpc) is 3.31. The number of carbonyl (C=O) groups is 1. The lowest BCUT2D eigenvalue weighted by Crippen LogP contribution is -2.32. The summed E-state index contributed by atoms with van der Waals surface area (Å²) < 4.78 is 3.36. The molecule has 0 fully saturated rings. The highest BCUT2D eigenvalue weighted by Crippen LogP contribution is 2.12. The van der Waals surface area contributed by atoms with E-state index in [1.165, 1.54) is 0 Å². The number of imidazole rings is 1. The first-order valence-corrected chi connectivity index (χ1v) is 10.0. The molecule has 0 spiro atoms. The van der Waals surface area contributed by atoms with Crippen LogP contribution in [0.4, 0.5) is 0 Å². The van der Waals surface area contributed by atoms with E-state index in [0.29, 0.717) is 31.7 Å². The van der Waals surface area contributed by atoms with E-state index >= 15 is 0 Å². The van der Waals surface area contributed by atoms with Crippen LogP contribution in [0.25, 0.3) is 11.2 Å². The number of amides is 1. The molecule has 142 valence electrons. The molecule has 0 saturated carbocycles. The van der Waals surface area contributed by atoms with Crippen molar-refractivity contribution in [3.8, 4) is 0 Å². The van der Waals surface area contributed by atoms with Gasteiger partial charge < -0.3 is 5.32 Å². The fourth-order valence-corrected chi connectivity index (χ4v) is 3.88. The number of hydrogen-bond donors (Lipinski definition) is 1. The molecule has 0 aliphatic rings. The van der Waals surface area contributed by atoms with Crippen LogP contribution >= 0.6 is 11.3 Å². The van der Waals surface area contributed by atoms with Crippen molar-refractivity contribution < 1.29 is 4.79 Å². The summed E-state index contributed by atoms with van der Waals surface area (Å²) in [6.07, 6.45) is 2.03. The van der Waals surface area contributed by atoms with Crippen LogP contribution in [0.15, 0.2) is 70.3 Å². The molecule has 1 aromatic carbocycles. The van der Waals surface area contributed by atoms with Crippen LogP contribution in [0.5, 0.6) is 0 Å². The Balaban J connectivity index is 1.51. The standard InChI is InChI=1S/C21H20N4O2S/c26-19(13-17-8-12-28-15-17)22-10-11-24-20-18(7-4-9-23-20)25(21(24)27)14-16-5-2-1-3-6-16/h1-9,12,15H,10-11,13-14H2,(H,22,26). The van der Waals surface area contributed by atoms with Crippen LogP contribution in [-0.2, 0) is 24.3 Å². The summed E-state index contributed by atoms with van der Waals surface area (Å²) in [7, 11) is 0. The van der Waals surface area contributed by atoms with Gasteiger partial charge in [0.25, 0.3) is 0 Å². The first-order valence-electron chi connectivity index (χ1n) is 9.08. The van der Waals surface area contributed by atoms with Gasteiger partial charge in [-0.3, -0.25) is 13.9 Å². The third-order valence-electron chi connectivity index (χ3n) is 4.56. The SMILES string of the molecule is O=C(Cc1ccsc1)NCCn1c(=O)n(Cc2ccccc2)c2cccnc21. The lowest BCUT2D eigenvalue weighted by molar-refractivity contribution is -0.120. The molecule has 0 aliphatic heterocycles. The van der Waals surface area contributed by atoms with E-state index in [1.807, 2.05) is 59.3 Å². The van der Waals surface area contributed by atoms with Crippen molar-refractivity contribution in [1.29, 1.82) is 0 Å². The van der Waals surface area contributed by atoms with E-state index in [4.69, 9.17) is 0 Å². The predicted molar refractivity (Wildman–Crippen MR) is 111 cm³/mol. The molecule has 0 aliphatic carbocycles. The molecule has 0 bridgehead atoms. The molecule has 4 rings (SSSR count). The summed E-state index contributed by atoms with van der Waals surface area (Å²) >= 11 is 1.57. The molecule has 6 nitrogen and oxygen atoms in total.